The summed E-state index contributed by atoms with van der Waals surface area (Å²) in [6, 6.07) is 5.92. The van der Waals surface area contributed by atoms with Gasteiger partial charge in [-0.2, -0.15) is 0 Å². The Kier molecular flexibility index (Phi) is 5.25. The highest BCUT2D eigenvalue weighted by atomic mass is 19.1. The lowest BCUT2D eigenvalue weighted by atomic mass is 9.86. The molecule has 18 heavy (non-hydrogen) atoms. The van der Waals surface area contributed by atoms with Gasteiger partial charge < -0.3 is 10.5 Å². The molecule has 1 amide bonds. The molecule has 1 aromatic carbocycles. The second kappa shape index (κ2) is 6.47. The molecule has 3 N–H and O–H groups in total. The van der Waals surface area contributed by atoms with E-state index in [1.54, 1.807) is 19.2 Å². The van der Waals surface area contributed by atoms with Crippen molar-refractivity contribution in [1.29, 1.82) is 0 Å². The number of nitrogens with one attached hydrogen (secondary N) is 1. The first kappa shape index (κ1) is 14.6. The van der Waals surface area contributed by atoms with Gasteiger partial charge in [0.2, 0.25) is 5.91 Å². The summed E-state index contributed by atoms with van der Waals surface area (Å²) < 4.78 is 18.2. The van der Waals surface area contributed by atoms with Crippen molar-refractivity contribution in [2.24, 2.45) is 5.73 Å². The van der Waals surface area contributed by atoms with Gasteiger partial charge >= 0.3 is 0 Å². The third kappa shape index (κ3) is 3.05. The van der Waals surface area contributed by atoms with E-state index in [0.29, 0.717) is 25.1 Å². The molecule has 5 heteroatoms. The zero-order chi connectivity index (χ0) is 13.6. The van der Waals surface area contributed by atoms with E-state index in [1.807, 2.05) is 6.92 Å². The smallest absolute Gasteiger partial charge is 0.242 e. The molecule has 0 radical (unpaired) electrons. The molecule has 0 fully saturated rings. The SMILES string of the molecule is CCC(NCCOC)(C(N)=O)c1cccc(F)c1. The minimum absolute atomic E-state index is 0.389. The largest absolute Gasteiger partial charge is 0.383 e. The van der Waals surface area contributed by atoms with Gasteiger partial charge in [-0.3, -0.25) is 10.1 Å². The minimum atomic E-state index is -1.05. The number of benzene rings is 1. The van der Waals surface area contributed by atoms with Crippen molar-refractivity contribution in [3.8, 4) is 0 Å². The van der Waals surface area contributed by atoms with Crippen LogP contribution in [0.25, 0.3) is 0 Å². The van der Waals surface area contributed by atoms with Crippen molar-refractivity contribution in [3.63, 3.8) is 0 Å². The minimum Gasteiger partial charge on any atom is -0.383 e. The predicted octanol–water partition coefficient (Wildman–Crippen LogP) is 1.15. The maximum Gasteiger partial charge on any atom is 0.242 e. The van der Waals surface area contributed by atoms with Gasteiger partial charge in [0.1, 0.15) is 11.4 Å². The number of carbonyl (C=O) groups is 1. The van der Waals surface area contributed by atoms with Gasteiger partial charge in [0, 0.05) is 13.7 Å². The Labute approximate surface area is 106 Å². The maximum absolute atomic E-state index is 13.3. The molecule has 1 aromatic rings. The Morgan fingerprint density at radius 1 is 1.56 bits per heavy atom. The zero-order valence-electron chi connectivity index (χ0n) is 10.7. The lowest BCUT2D eigenvalue weighted by molar-refractivity contribution is -0.125. The van der Waals surface area contributed by atoms with Crippen molar-refractivity contribution in [1.82, 2.24) is 5.32 Å². The normalized spacial score (nSPS) is 14.2. The summed E-state index contributed by atoms with van der Waals surface area (Å²) in [6.07, 6.45) is 0.440. The first-order chi connectivity index (χ1) is 8.56. The Hall–Kier alpha value is -1.46. The van der Waals surface area contributed by atoms with Crippen LogP contribution < -0.4 is 11.1 Å². The fourth-order valence-electron chi connectivity index (χ4n) is 1.96. The monoisotopic (exact) mass is 254 g/mol. The number of hydrogen-bond acceptors (Lipinski definition) is 3. The van der Waals surface area contributed by atoms with Gasteiger partial charge in [-0.25, -0.2) is 4.39 Å². The van der Waals surface area contributed by atoms with Gasteiger partial charge in [-0.05, 0) is 24.1 Å². The van der Waals surface area contributed by atoms with Gasteiger partial charge in [0.25, 0.3) is 0 Å². The molecule has 0 aliphatic heterocycles. The molecule has 4 nitrogen and oxygen atoms in total. The number of nitrogens with two attached hydrogens (primary N) is 1. The molecule has 0 saturated carbocycles. The molecule has 0 heterocycles. The molecular weight excluding hydrogens is 235 g/mol. The van der Waals surface area contributed by atoms with Gasteiger partial charge in [0.15, 0.2) is 0 Å². The molecule has 0 saturated heterocycles. The zero-order valence-corrected chi connectivity index (χ0v) is 10.7. The van der Waals surface area contributed by atoms with Gasteiger partial charge in [0.05, 0.1) is 6.61 Å². The number of halogens is 1. The molecule has 0 aliphatic rings. The van der Waals surface area contributed by atoms with E-state index in [1.165, 1.54) is 12.1 Å². The van der Waals surface area contributed by atoms with Gasteiger partial charge in [-0.1, -0.05) is 19.1 Å². The van der Waals surface area contributed by atoms with Crippen LogP contribution >= 0.6 is 0 Å². The van der Waals surface area contributed by atoms with Crippen molar-refractivity contribution in [2.75, 3.05) is 20.3 Å². The highest BCUT2D eigenvalue weighted by molar-refractivity contribution is 5.86. The standard InChI is InChI=1S/C13H19FN2O2/c1-3-13(12(15)17,16-7-8-18-2)10-5-4-6-11(14)9-10/h4-6,9,16H,3,7-8H2,1-2H3,(H2,15,17). The first-order valence-electron chi connectivity index (χ1n) is 5.86. The number of hydrogen-bond donors (Lipinski definition) is 2. The van der Waals surface area contributed by atoms with E-state index in [9.17, 15) is 9.18 Å². The molecule has 0 aromatic heterocycles. The number of rotatable bonds is 7. The fourth-order valence-corrected chi connectivity index (χ4v) is 1.96. The topological polar surface area (TPSA) is 64.3 Å². The number of carbonyl (C=O) groups excluding carboxylic acids is 1. The highest BCUT2D eigenvalue weighted by Crippen LogP contribution is 2.25. The molecule has 1 unspecified atom stereocenters. The summed E-state index contributed by atoms with van der Waals surface area (Å²) >= 11 is 0. The molecule has 100 valence electrons. The predicted molar refractivity (Wildman–Crippen MR) is 67.4 cm³/mol. The van der Waals surface area contributed by atoms with Crippen LogP contribution in [-0.4, -0.2) is 26.2 Å². The summed E-state index contributed by atoms with van der Waals surface area (Å²) in [5.74, 6) is -0.910. The van der Waals surface area contributed by atoms with E-state index in [-0.39, 0.29) is 5.82 Å². The van der Waals surface area contributed by atoms with Crippen molar-refractivity contribution in [2.45, 2.75) is 18.9 Å². The van der Waals surface area contributed by atoms with Gasteiger partial charge in [-0.15, -0.1) is 0 Å². The average molecular weight is 254 g/mol. The quantitative estimate of drug-likeness (QED) is 0.717. The maximum atomic E-state index is 13.3. The van der Waals surface area contributed by atoms with Crippen LogP contribution in [0.15, 0.2) is 24.3 Å². The third-order valence-corrected chi connectivity index (χ3v) is 3.00. The average Bonchev–Trinajstić information content (AvgIpc) is 2.34. The Morgan fingerprint density at radius 3 is 2.78 bits per heavy atom. The molecule has 1 atom stereocenters. The lowest BCUT2D eigenvalue weighted by Gasteiger charge is -2.31. The molecular formula is C13H19FN2O2. The van der Waals surface area contributed by atoms with Crippen LogP contribution in [0.3, 0.4) is 0 Å². The molecule has 1 rings (SSSR count). The van der Waals surface area contributed by atoms with Crippen molar-refractivity contribution in [3.05, 3.63) is 35.6 Å². The summed E-state index contributed by atoms with van der Waals surface area (Å²) in [5, 5.41) is 3.06. The number of methoxy groups -OCH3 is 1. The summed E-state index contributed by atoms with van der Waals surface area (Å²) in [6.45, 7) is 2.74. The van der Waals surface area contributed by atoms with E-state index in [0.717, 1.165) is 0 Å². The highest BCUT2D eigenvalue weighted by Gasteiger charge is 2.36. The Bertz CT molecular complexity index is 412. The van der Waals surface area contributed by atoms with Crippen LogP contribution in [0.5, 0.6) is 0 Å². The first-order valence-corrected chi connectivity index (χ1v) is 5.86. The molecule has 0 aliphatic carbocycles. The number of primary amides is 1. The van der Waals surface area contributed by atoms with E-state index in [4.69, 9.17) is 10.5 Å². The van der Waals surface area contributed by atoms with Crippen molar-refractivity contribution < 1.29 is 13.9 Å². The lowest BCUT2D eigenvalue weighted by Crippen LogP contribution is -2.53. The molecule has 0 spiro atoms. The van der Waals surface area contributed by atoms with Crippen LogP contribution in [0, 0.1) is 5.82 Å². The second-order valence-corrected chi connectivity index (χ2v) is 4.05. The van der Waals surface area contributed by atoms with Crippen LogP contribution in [0.2, 0.25) is 0 Å². The summed E-state index contributed by atoms with van der Waals surface area (Å²) in [7, 11) is 1.57. The van der Waals surface area contributed by atoms with Crippen LogP contribution in [0.4, 0.5) is 4.39 Å². The van der Waals surface area contributed by atoms with Crippen LogP contribution in [-0.2, 0) is 15.1 Å². The van der Waals surface area contributed by atoms with E-state index < -0.39 is 11.4 Å². The summed E-state index contributed by atoms with van der Waals surface area (Å²) in [4.78, 5) is 11.8. The summed E-state index contributed by atoms with van der Waals surface area (Å²) in [5.41, 5.74) is 4.96. The van der Waals surface area contributed by atoms with E-state index >= 15 is 0 Å². The van der Waals surface area contributed by atoms with Crippen LogP contribution in [0.1, 0.15) is 18.9 Å². The van der Waals surface area contributed by atoms with Crippen molar-refractivity contribution >= 4 is 5.91 Å². The number of ether oxygens (including phenoxy) is 1. The fraction of sp³-hybridized carbons (Fsp3) is 0.462. The number of amides is 1. The molecule has 0 bridgehead atoms. The Morgan fingerprint density at radius 2 is 2.28 bits per heavy atom. The second-order valence-electron chi connectivity index (χ2n) is 4.05. The van der Waals surface area contributed by atoms with E-state index in [2.05, 4.69) is 5.32 Å². The third-order valence-electron chi connectivity index (χ3n) is 3.00. The Balaban J connectivity index is 3.06.